The molecular weight excluding hydrogens is 416 g/mol. The van der Waals surface area contributed by atoms with Crippen LogP contribution in [0.3, 0.4) is 0 Å². The number of halogens is 1. The van der Waals surface area contributed by atoms with E-state index in [0.29, 0.717) is 30.6 Å². The van der Waals surface area contributed by atoms with Gasteiger partial charge in [0.05, 0.1) is 17.4 Å². The molecule has 1 aromatic carbocycles. The van der Waals surface area contributed by atoms with E-state index in [0.717, 1.165) is 19.3 Å². The summed E-state index contributed by atoms with van der Waals surface area (Å²) >= 11 is 7.54. The quantitative estimate of drug-likeness (QED) is 0.685. The van der Waals surface area contributed by atoms with E-state index in [9.17, 15) is 13.2 Å². The lowest BCUT2D eigenvalue weighted by Gasteiger charge is -2.34. The molecule has 5 nitrogen and oxygen atoms in total. The highest BCUT2D eigenvalue weighted by Crippen LogP contribution is 2.33. The van der Waals surface area contributed by atoms with E-state index in [1.54, 1.807) is 23.5 Å². The van der Waals surface area contributed by atoms with Crippen LogP contribution < -0.4 is 0 Å². The Balaban J connectivity index is 1.49. The molecule has 2 aromatic rings. The van der Waals surface area contributed by atoms with E-state index in [1.165, 1.54) is 21.3 Å². The number of carbonyl (C=O) groups is 1. The van der Waals surface area contributed by atoms with Gasteiger partial charge in [-0.15, -0.1) is 11.3 Å². The number of carbonyl (C=O) groups excluding carboxylic acids is 1. The summed E-state index contributed by atoms with van der Waals surface area (Å²) in [5.74, 6) is -0.191. The molecule has 1 aromatic heterocycles. The van der Waals surface area contributed by atoms with Crippen LogP contribution in [-0.2, 0) is 21.4 Å². The van der Waals surface area contributed by atoms with Gasteiger partial charge in [-0.25, -0.2) is 8.42 Å². The van der Waals surface area contributed by atoms with Crippen molar-refractivity contribution < 1.29 is 13.2 Å². The van der Waals surface area contributed by atoms with Crippen LogP contribution in [0.2, 0.25) is 5.02 Å². The van der Waals surface area contributed by atoms with Crippen molar-refractivity contribution in [3.05, 3.63) is 51.7 Å². The molecule has 4 rings (SSSR count). The van der Waals surface area contributed by atoms with E-state index in [-0.39, 0.29) is 23.3 Å². The second-order valence-electron chi connectivity index (χ2n) is 7.43. The van der Waals surface area contributed by atoms with Gasteiger partial charge in [0, 0.05) is 29.0 Å². The summed E-state index contributed by atoms with van der Waals surface area (Å²) in [4.78, 5) is 16.6. The molecule has 1 amide bonds. The number of hydrogen-bond donors (Lipinski definition) is 0. The number of nitrogens with zero attached hydrogens (tertiary/aromatic N) is 2. The van der Waals surface area contributed by atoms with E-state index in [1.807, 2.05) is 22.4 Å². The lowest BCUT2D eigenvalue weighted by molar-refractivity contribution is -0.137. The van der Waals surface area contributed by atoms with Crippen molar-refractivity contribution in [1.82, 2.24) is 9.21 Å². The number of amides is 1. The molecule has 8 heteroatoms. The molecule has 2 aliphatic rings. The van der Waals surface area contributed by atoms with Gasteiger partial charge >= 0.3 is 0 Å². The minimum Gasteiger partial charge on any atom is -0.334 e. The van der Waals surface area contributed by atoms with Crippen molar-refractivity contribution in [3.63, 3.8) is 0 Å². The Bertz CT molecular complexity index is 925. The summed E-state index contributed by atoms with van der Waals surface area (Å²) in [5.41, 5.74) is 0. The SMILES string of the molecule is O=C([C@H]1CCCN(S(=O)(=O)c2ccc(Cl)cc2)C1)N(Cc1cccs1)C1CC1. The Morgan fingerprint density at radius 2 is 1.93 bits per heavy atom. The second kappa shape index (κ2) is 8.14. The largest absolute Gasteiger partial charge is 0.334 e. The van der Waals surface area contributed by atoms with Crippen LogP contribution in [0.1, 0.15) is 30.6 Å². The molecule has 1 aliphatic heterocycles. The molecule has 0 radical (unpaired) electrons. The zero-order valence-corrected chi connectivity index (χ0v) is 17.8. The topological polar surface area (TPSA) is 57.7 Å². The Morgan fingerprint density at radius 3 is 2.57 bits per heavy atom. The predicted octanol–water partition coefficient (Wildman–Crippen LogP) is 3.99. The number of piperidine rings is 1. The lowest BCUT2D eigenvalue weighted by atomic mass is 9.98. The van der Waals surface area contributed by atoms with Crippen LogP contribution >= 0.6 is 22.9 Å². The molecule has 1 saturated heterocycles. The van der Waals surface area contributed by atoms with Gasteiger partial charge in [0.15, 0.2) is 0 Å². The fourth-order valence-corrected chi connectivity index (χ4v) is 6.05. The third kappa shape index (κ3) is 4.27. The first kappa shape index (κ1) is 19.9. The maximum Gasteiger partial charge on any atom is 0.243 e. The van der Waals surface area contributed by atoms with Gasteiger partial charge in [0.1, 0.15) is 0 Å². The minimum absolute atomic E-state index is 0.0897. The molecule has 2 fully saturated rings. The summed E-state index contributed by atoms with van der Waals surface area (Å²) in [7, 11) is -3.62. The molecule has 28 heavy (non-hydrogen) atoms. The first-order valence-corrected chi connectivity index (χ1v) is 12.2. The van der Waals surface area contributed by atoms with Crippen LogP contribution in [0, 0.1) is 5.92 Å². The lowest BCUT2D eigenvalue weighted by Crippen LogP contribution is -2.47. The Morgan fingerprint density at radius 1 is 1.18 bits per heavy atom. The highest BCUT2D eigenvalue weighted by atomic mass is 35.5. The maximum atomic E-state index is 13.3. The molecular formula is C20H23ClN2O3S2. The van der Waals surface area contributed by atoms with Crippen LogP contribution in [0.5, 0.6) is 0 Å². The van der Waals surface area contributed by atoms with Gasteiger partial charge in [-0.3, -0.25) is 4.79 Å². The Hall–Kier alpha value is -1.41. The Labute approximate surface area is 175 Å². The maximum absolute atomic E-state index is 13.3. The average molecular weight is 439 g/mol. The van der Waals surface area contributed by atoms with Gasteiger partial charge in [-0.2, -0.15) is 4.31 Å². The van der Waals surface area contributed by atoms with Crippen molar-refractivity contribution in [2.45, 2.75) is 43.2 Å². The van der Waals surface area contributed by atoms with Crippen molar-refractivity contribution in [2.24, 2.45) is 5.92 Å². The van der Waals surface area contributed by atoms with Crippen LogP contribution in [0.15, 0.2) is 46.7 Å². The predicted molar refractivity (Wildman–Crippen MR) is 111 cm³/mol. The summed E-state index contributed by atoms with van der Waals surface area (Å²) in [6.07, 6.45) is 3.51. The standard InChI is InChI=1S/C20H23ClN2O3S2/c21-16-5-9-19(10-6-16)28(25,26)22-11-1-3-15(13-22)20(24)23(17-7-8-17)14-18-4-2-12-27-18/h2,4-6,9-10,12,15,17H,1,3,7-8,11,13-14H2/t15-/m0/s1. The number of sulfonamides is 1. The van der Waals surface area contributed by atoms with Crippen molar-refractivity contribution in [2.75, 3.05) is 13.1 Å². The first-order chi connectivity index (χ1) is 13.4. The van der Waals surface area contributed by atoms with E-state index in [4.69, 9.17) is 11.6 Å². The average Bonchev–Trinajstić information content (AvgIpc) is 3.41. The number of benzene rings is 1. The number of rotatable bonds is 6. The fourth-order valence-electron chi connectivity index (χ4n) is 3.70. The van der Waals surface area contributed by atoms with Gasteiger partial charge in [-0.1, -0.05) is 17.7 Å². The summed E-state index contributed by atoms with van der Waals surface area (Å²) in [5, 5.41) is 2.52. The highest BCUT2D eigenvalue weighted by molar-refractivity contribution is 7.89. The first-order valence-electron chi connectivity index (χ1n) is 9.54. The van der Waals surface area contributed by atoms with Gasteiger partial charge in [0.25, 0.3) is 0 Å². The van der Waals surface area contributed by atoms with Gasteiger partial charge in [0.2, 0.25) is 15.9 Å². The molecule has 2 heterocycles. The number of hydrogen-bond acceptors (Lipinski definition) is 4. The van der Waals surface area contributed by atoms with Gasteiger partial charge in [-0.05, 0) is 61.4 Å². The third-order valence-corrected chi connectivity index (χ3v) is 8.35. The summed E-state index contributed by atoms with van der Waals surface area (Å²) in [6, 6.07) is 10.6. The molecule has 1 saturated carbocycles. The minimum atomic E-state index is -3.62. The van der Waals surface area contributed by atoms with E-state index >= 15 is 0 Å². The van der Waals surface area contributed by atoms with E-state index < -0.39 is 10.0 Å². The molecule has 0 N–H and O–H groups in total. The summed E-state index contributed by atoms with van der Waals surface area (Å²) < 4.78 is 27.5. The van der Waals surface area contributed by atoms with Crippen LogP contribution in [0.25, 0.3) is 0 Å². The third-order valence-electron chi connectivity index (χ3n) is 5.36. The fraction of sp³-hybridized carbons (Fsp3) is 0.450. The molecule has 150 valence electrons. The van der Waals surface area contributed by atoms with Crippen LogP contribution in [0.4, 0.5) is 0 Å². The molecule has 1 atom stereocenters. The monoisotopic (exact) mass is 438 g/mol. The van der Waals surface area contributed by atoms with Gasteiger partial charge < -0.3 is 4.90 Å². The van der Waals surface area contributed by atoms with E-state index in [2.05, 4.69) is 0 Å². The molecule has 1 aliphatic carbocycles. The number of thiophene rings is 1. The van der Waals surface area contributed by atoms with Crippen molar-refractivity contribution in [3.8, 4) is 0 Å². The smallest absolute Gasteiger partial charge is 0.243 e. The molecule has 0 bridgehead atoms. The highest BCUT2D eigenvalue weighted by Gasteiger charge is 2.39. The normalized spacial score (nSPS) is 20.8. The second-order valence-corrected chi connectivity index (χ2v) is 10.8. The molecule has 0 unspecified atom stereocenters. The van der Waals surface area contributed by atoms with Crippen molar-refractivity contribution >= 4 is 38.9 Å². The van der Waals surface area contributed by atoms with Crippen molar-refractivity contribution in [1.29, 1.82) is 0 Å². The zero-order chi connectivity index (χ0) is 19.7. The zero-order valence-electron chi connectivity index (χ0n) is 15.5. The summed E-state index contributed by atoms with van der Waals surface area (Å²) in [6.45, 7) is 1.32. The Kier molecular flexibility index (Phi) is 5.78. The van der Waals surface area contributed by atoms with Crippen LogP contribution in [-0.4, -0.2) is 42.7 Å². The molecule has 0 spiro atoms.